The van der Waals surface area contributed by atoms with Crippen molar-refractivity contribution in [3.05, 3.63) is 64.5 Å². The van der Waals surface area contributed by atoms with Gasteiger partial charge in [-0.05, 0) is 38.8 Å². The lowest BCUT2D eigenvalue weighted by molar-refractivity contribution is 0.301. The van der Waals surface area contributed by atoms with E-state index in [0.717, 1.165) is 26.9 Å². The first kappa shape index (κ1) is 13.2. The van der Waals surface area contributed by atoms with Gasteiger partial charge in [-0.1, -0.05) is 30.3 Å². The number of nitrogens with two attached hydrogens (primary N) is 1. The van der Waals surface area contributed by atoms with E-state index >= 15 is 0 Å². The second kappa shape index (κ2) is 5.69. The van der Waals surface area contributed by atoms with Crippen LogP contribution in [0.2, 0.25) is 0 Å². The number of furan rings is 1. The van der Waals surface area contributed by atoms with Gasteiger partial charge in [-0.15, -0.1) is 0 Å². The highest BCUT2D eigenvalue weighted by Gasteiger charge is 2.09. The third kappa shape index (κ3) is 2.44. The van der Waals surface area contributed by atoms with Crippen molar-refractivity contribution in [2.45, 2.75) is 13.2 Å². The van der Waals surface area contributed by atoms with Gasteiger partial charge in [-0.25, -0.2) is 0 Å². The summed E-state index contributed by atoms with van der Waals surface area (Å²) >= 11 is 3.61. The highest BCUT2D eigenvalue weighted by atomic mass is 79.9. The van der Waals surface area contributed by atoms with Crippen LogP contribution in [0.4, 0.5) is 0 Å². The van der Waals surface area contributed by atoms with Crippen LogP contribution in [0.1, 0.15) is 11.3 Å². The minimum absolute atomic E-state index is 0.380. The normalized spacial score (nSPS) is 10.9. The molecule has 2 N–H and O–H groups in total. The Labute approximate surface area is 125 Å². The van der Waals surface area contributed by atoms with Gasteiger partial charge in [0.25, 0.3) is 0 Å². The number of fused-ring (bicyclic) bond motifs is 1. The predicted octanol–water partition coefficient (Wildman–Crippen LogP) is 4.23. The highest BCUT2D eigenvalue weighted by molar-refractivity contribution is 9.10. The zero-order chi connectivity index (χ0) is 13.9. The molecule has 0 aliphatic carbocycles. The van der Waals surface area contributed by atoms with Gasteiger partial charge in [0.2, 0.25) is 0 Å². The number of rotatable bonds is 4. The maximum absolute atomic E-state index is 5.87. The van der Waals surface area contributed by atoms with Gasteiger partial charge in [0, 0.05) is 5.56 Å². The van der Waals surface area contributed by atoms with Gasteiger partial charge in [0.1, 0.15) is 18.1 Å². The molecule has 0 atom stereocenters. The van der Waals surface area contributed by atoms with E-state index in [4.69, 9.17) is 14.9 Å². The first-order valence-corrected chi connectivity index (χ1v) is 7.14. The van der Waals surface area contributed by atoms with Crippen molar-refractivity contribution < 1.29 is 9.15 Å². The van der Waals surface area contributed by atoms with E-state index in [1.165, 1.54) is 5.39 Å². The molecule has 1 aromatic heterocycles. The molecular formula is C16H14BrNO2. The summed E-state index contributed by atoms with van der Waals surface area (Å²) in [7, 11) is 0. The van der Waals surface area contributed by atoms with Crippen LogP contribution in [-0.2, 0) is 13.2 Å². The number of hydrogen-bond acceptors (Lipinski definition) is 3. The Kier molecular flexibility index (Phi) is 3.76. The quantitative estimate of drug-likeness (QED) is 0.778. The summed E-state index contributed by atoms with van der Waals surface area (Å²) in [5, 5.41) is 2.31. The van der Waals surface area contributed by atoms with Crippen molar-refractivity contribution >= 4 is 26.7 Å². The third-order valence-corrected chi connectivity index (χ3v) is 4.05. The van der Waals surface area contributed by atoms with Gasteiger partial charge in [-0.3, -0.25) is 0 Å². The summed E-state index contributed by atoms with van der Waals surface area (Å²) in [6.45, 7) is 0.824. The molecule has 102 valence electrons. The number of halogens is 1. The van der Waals surface area contributed by atoms with Crippen LogP contribution in [0.25, 0.3) is 10.8 Å². The van der Waals surface area contributed by atoms with Crippen molar-refractivity contribution in [1.29, 1.82) is 0 Å². The first-order valence-electron chi connectivity index (χ1n) is 6.35. The largest absolute Gasteiger partial charge is 0.488 e. The average molecular weight is 332 g/mol. The Balaban J connectivity index is 1.86. The van der Waals surface area contributed by atoms with Crippen LogP contribution in [0.15, 0.2) is 57.6 Å². The maximum Gasteiger partial charge on any atom is 0.134 e. The lowest BCUT2D eigenvalue weighted by atomic mass is 10.1. The SMILES string of the molecule is NCc1occc1COc1ccc2ccccc2c1Br. The second-order valence-corrected chi connectivity index (χ2v) is 5.25. The molecule has 0 bridgehead atoms. The molecule has 2 aromatic carbocycles. The summed E-state index contributed by atoms with van der Waals surface area (Å²) in [4.78, 5) is 0. The standard InChI is InChI=1S/C16H14BrNO2/c17-16-13-4-2-1-3-11(13)5-6-14(16)20-10-12-7-8-19-15(12)9-18/h1-8H,9-10,18H2. The maximum atomic E-state index is 5.87. The molecule has 0 saturated heterocycles. The zero-order valence-electron chi connectivity index (χ0n) is 10.8. The summed E-state index contributed by atoms with van der Waals surface area (Å²) in [5.74, 6) is 1.58. The Morgan fingerprint density at radius 1 is 1.10 bits per heavy atom. The number of ether oxygens (including phenoxy) is 1. The van der Waals surface area contributed by atoms with Gasteiger partial charge < -0.3 is 14.9 Å². The lowest BCUT2D eigenvalue weighted by Gasteiger charge is -2.10. The molecule has 3 aromatic rings. The van der Waals surface area contributed by atoms with Gasteiger partial charge in [0.05, 0.1) is 17.3 Å². The fourth-order valence-electron chi connectivity index (χ4n) is 2.16. The topological polar surface area (TPSA) is 48.4 Å². The summed E-state index contributed by atoms with van der Waals surface area (Å²) in [6.07, 6.45) is 1.64. The van der Waals surface area contributed by atoms with E-state index in [2.05, 4.69) is 34.1 Å². The monoisotopic (exact) mass is 331 g/mol. The summed E-state index contributed by atoms with van der Waals surface area (Å²) in [5.41, 5.74) is 6.59. The molecule has 0 saturated carbocycles. The molecule has 3 nitrogen and oxygen atoms in total. The molecule has 0 radical (unpaired) electrons. The molecule has 20 heavy (non-hydrogen) atoms. The van der Waals surface area contributed by atoms with Crippen LogP contribution in [-0.4, -0.2) is 0 Å². The third-order valence-electron chi connectivity index (χ3n) is 3.23. The first-order chi connectivity index (χ1) is 9.79. The Hall–Kier alpha value is -1.78. The van der Waals surface area contributed by atoms with E-state index in [1.54, 1.807) is 6.26 Å². The lowest BCUT2D eigenvalue weighted by Crippen LogP contribution is -2.02. The van der Waals surface area contributed by atoms with Crippen LogP contribution in [0.5, 0.6) is 5.75 Å². The van der Waals surface area contributed by atoms with Crippen molar-refractivity contribution in [1.82, 2.24) is 0 Å². The fraction of sp³-hybridized carbons (Fsp3) is 0.125. The predicted molar refractivity (Wildman–Crippen MR) is 82.6 cm³/mol. The van der Waals surface area contributed by atoms with E-state index in [9.17, 15) is 0 Å². The molecule has 0 aliphatic heterocycles. The molecule has 0 unspecified atom stereocenters. The fourth-order valence-corrected chi connectivity index (χ4v) is 2.76. The Morgan fingerprint density at radius 2 is 1.95 bits per heavy atom. The molecule has 1 heterocycles. The number of hydrogen-bond donors (Lipinski definition) is 1. The van der Waals surface area contributed by atoms with Crippen LogP contribution in [0, 0.1) is 0 Å². The molecular weight excluding hydrogens is 318 g/mol. The number of benzene rings is 2. The minimum Gasteiger partial charge on any atom is -0.488 e. The molecule has 0 amide bonds. The van der Waals surface area contributed by atoms with E-state index in [-0.39, 0.29) is 0 Å². The smallest absolute Gasteiger partial charge is 0.134 e. The van der Waals surface area contributed by atoms with Crippen LogP contribution < -0.4 is 10.5 Å². The molecule has 3 rings (SSSR count). The van der Waals surface area contributed by atoms with Crippen molar-refractivity contribution in [3.63, 3.8) is 0 Å². The molecule has 0 aliphatic rings. The van der Waals surface area contributed by atoms with Crippen molar-refractivity contribution in [3.8, 4) is 5.75 Å². The van der Waals surface area contributed by atoms with Crippen molar-refractivity contribution in [2.75, 3.05) is 0 Å². The Morgan fingerprint density at radius 3 is 2.80 bits per heavy atom. The zero-order valence-corrected chi connectivity index (χ0v) is 12.4. The van der Waals surface area contributed by atoms with E-state index in [0.29, 0.717) is 13.2 Å². The van der Waals surface area contributed by atoms with Gasteiger partial charge in [0.15, 0.2) is 0 Å². The second-order valence-electron chi connectivity index (χ2n) is 4.46. The van der Waals surface area contributed by atoms with E-state index in [1.807, 2.05) is 24.3 Å². The van der Waals surface area contributed by atoms with Crippen LogP contribution in [0.3, 0.4) is 0 Å². The molecule has 0 fully saturated rings. The van der Waals surface area contributed by atoms with E-state index < -0.39 is 0 Å². The average Bonchev–Trinajstić information content (AvgIpc) is 2.94. The summed E-state index contributed by atoms with van der Waals surface area (Å²) < 4.78 is 12.1. The molecule has 4 heteroatoms. The minimum atomic E-state index is 0.380. The molecule has 0 spiro atoms. The summed E-state index contributed by atoms with van der Waals surface area (Å²) in [6, 6.07) is 14.1. The van der Waals surface area contributed by atoms with Crippen molar-refractivity contribution in [2.24, 2.45) is 5.73 Å². The highest BCUT2D eigenvalue weighted by Crippen LogP contribution is 2.33. The van der Waals surface area contributed by atoms with Crippen LogP contribution >= 0.6 is 15.9 Å². The Bertz CT molecular complexity index is 736. The van der Waals surface area contributed by atoms with Gasteiger partial charge >= 0.3 is 0 Å². The van der Waals surface area contributed by atoms with Gasteiger partial charge in [-0.2, -0.15) is 0 Å².